The third-order valence-corrected chi connectivity index (χ3v) is 2.28. The molecule has 0 saturated heterocycles. The number of hydrogen-bond acceptors (Lipinski definition) is 5. The third kappa shape index (κ3) is 3.36. The van der Waals surface area contributed by atoms with E-state index in [1.807, 2.05) is 6.92 Å². The van der Waals surface area contributed by atoms with Gasteiger partial charge in [0.15, 0.2) is 0 Å². The van der Waals surface area contributed by atoms with Crippen molar-refractivity contribution in [2.45, 2.75) is 26.0 Å². The van der Waals surface area contributed by atoms with Gasteiger partial charge in [0.2, 0.25) is 5.76 Å². The summed E-state index contributed by atoms with van der Waals surface area (Å²) in [7, 11) is 1.31. The highest BCUT2D eigenvalue weighted by Crippen LogP contribution is 2.11. The van der Waals surface area contributed by atoms with E-state index in [2.05, 4.69) is 10.1 Å². The van der Waals surface area contributed by atoms with Crippen molar-refractivity contribution in [1.29, 1.82) is 0 Å². The summed E-state index contributed by atoms with van der Waals surface area (Å²) in [5.74, 6) is -0.279. The highest BCUT2D eigenvalue weighted by molar-refractivity contribution is 5.87. The minimum Gasteiger partial charge on any atom is -0.463 e. The molecule has 0 bridgehead atoms. The van der Waals surface area contributed by atoms with Crippen molar-refractivity contribution >= 4 is 5.97 Å². The molecule has 0 aromatic carbocycles. The molecule has 0 aliphatic carbocycles. The summed E-state index contributed by atoms with van der Waals surface area (Å²) in [5, 5.41) is 12.4. The number of aliphatic hydroxyl groups is 1. The summed E-state index contributed by atoms with van der Waals surface area (Å²) < 4.78 is 9.60. The Morgan fingerprint density at radius 3 is 3.06 bits per heavy atom. The van der Waals surface area contributed by atoms with Gasteiger partial charge in [0, 0.05) is 18.7 Å². The number of furan rings is 1. The predicted octanol–water partition coefficient (Wildman–Crippen LogP) is 0.927. The molecule has 0 spiro atoms. The molecule has 1 rings (SSSR count). The second-order valence-corrected chi connectivity index (χ2v) is 3.46. The molecule has 1 aromatic rings. The summed E-state index contributed by atoms with van der Waals surface area (Å²) in [6, 6.07) is 1.71. The zero-order valence-corrected chi connectivity index (χ0v) is 9.53. The van der Waals surface area contributed by atoms with E-state index in [1.54, 1.807) is 6.07 Å². The van der Waals surface area contributed by atoms with Gasteiger partial charge in [-0.25, -0.2) is 4.79 Å². The third-order valence-electron chi connectivity index (χ3n) is 2.28. The summed E-state index contributed by atoms with van der Waals surface area (Å²) in [4.78, 5) is 11.3. The van der Waals surface area contributed by atoms with Gasteiger partial charge in [-0.05, 0) is 12.5 Å². The Bertz CT molecular complexity index is 334. The zero-order valence-electron chi connectivity index (χ0n) is 9.53. The molecule has 1 unspecified atom stereocenters. The summed E-state index contributed by atoms with van der Waals surface area (Å²) >= 11 is 0. The average molecular weight is 227 g/mol. The van der Waals surface area contributed by atoms with E-state index in [0.29, 0.717) is 19.5 Å². The minimum absolute atomic E-state index is 0.209. The van der Waals surface area contributed by atoms with Gasteiger partial charge in [-0.15, -0.1) is 0 Å². The molecule has 0 radical (unpaired) electrons. The molecule has 0 fully saturated rings. The number of aliphatic hydroxyl groups excluding tert-OH is 1. The molecule has 1 aromatic heterocycles. The van der Waals surface area contributed by atoms with Gasteiger partial charge < -0.3 is 19.6 Å². The van der Waals surface area contributed by atoms with Gasteiger partial charge in [0.05, 0.1) is 19.5 Å². The van der Waals surface area contributed by atoms with Crippen molar-refractivity contribution in [1.82, 2.24) is 5.32 Å². The average Bonchev–Trinajstić information content (AvgIpc) is 2.76. The van der Waals surface area contributed by atoms with Crippen molar-refractivity contribution in [3.8, 4) is 0 Å². The SMILES string of the molecule is CCC(O)CNCc1ccoc1C(=O)OC. The van der Waals surface area contributed by atoms with Crippen molar-refractivity contribution in [3.63, 3.8) is 0 Å². The van der Waals surface area contributed by atoms with Crippen molar-refractivity contribution < 1.29 is 19.1 Å². The van der Waals surface area contributed by atoms with Gasteiger partial charge >= 0.3 is 5.97 Å². The first-order chi connectivity index (χ1) is 7.69. The Kier molecular flexibility index (Phi) is 5.01. The number of carbonyl (C=O) groups is 1. The van der Waals surface area contributed by atoms with Crippen LogP contribution in [0.15, 0.2) is 16.7 Å². The molecule has 0 saturated carbocycles. The van der Waals surface area contributed by atoms with Crippen LogP contribution in [0, 0.1) is 0 Å². The molecule has 2 N–H and O–H groups in total. The lowest BCUT2D eigenvalue weighted by Gasteiger charge is -2.08. The maximum atomic E-state index is 11.3. The van der Waals surface area contributed by atoms with Crippen LogP contribution in [-0.2, 0) is 11.3 Å². The van der Waals surface area contributed by atoms with Gasteiger partial charge in [-0.3, -0.25) is 0 Å². The summed E-state index contributed by atoms with van der Waals surface area (Å²) in [6.45, 7) is 2.87. The lowest BCUT2D eigenvalue weighted by atomic mass is 10.2. The van der Waals surface area contributed by atoms with Gasteiger partial charge in [-0.2, -0.15) is 0 Å². The van der Waals surface area contributed by atoms with Crippen molar-refractivity contribution in [2.24, 2.45) is 0 Å². The van der Waals surface area contributed by atoms with Crippen LogP contribution < -0.4 is 5.32 Å². The lowest BCUT2D eigenvalue weighted by Crippen LogP contribution is -2.26. The van der Waals surface area contributed by atoms with Crippen LogP contribution in [0.5, 0.6) is 0 Å². The van der Waals surface area contributed by atoms with Gasteiger partial charge in [0.25, 0.3) is 0 Å². The first-order valence-corrected chi connectivity index (χ1v) is 5.22. The summed E-state index contributed by atoms with van der Waals surface area (Å²) in [5.41, 5.74) is 0.732. The van der Waals surface area contributed by atoms with E-state index in [0.717, 1.165) is 5.56 Å². The summed E-state index contributed by atoms with van der Waals surface area (Å²) in [6.07, 6.45) is 1.77. The monoisotopic (exact) mass is 227 g/mol. The Balaban J connectivity index is 2.48. The molecule has 1 atom stereocenters. The van der Waals surface area contributed by atoms with E-state index >= 15 is 0 Å². The number of rotatable bonds is 6. The number of ether oxygens (including phenoxy) is 1. The highest BCUT2D eigenvalue weighted by Gasteiger charge is 2.15. The fourth-order valence-corrected chi connectivity index (χ4v) is 1.26. The Morgan fingerprint density at radius 1 is 1.69 bits per heavy atom. The van der Waals surface area contributed by atoms with Crippen LogP contribution in [-0.4, -0.2) is 30.8 Å². The van der Waals surface area contributed by atoms with Crippen LogP contribution in [0.1, 0.15) is 29.5 Å². The molecule has 0 amide bonds. The lowest BCUT2D eigenvalue weighted by molar-refractivity contribution is 0.0563. The number of carbonyl (C=O) groups excluding carboxylic acids is 1. The van der Waals surface area contributed by atoms with Crippen LogP contribution >= 0.6 is 0 Å². The second-order valence-electron chi connectivity index (χ2n) is 3.46. The number of esters is 1. The Hall–Kier alpha value is -1.33. The fraction of sp³-hybridized carbons (Fsp3) is 0.545. The molecule has 16 heavy (non-hydrogen) atoms. The highest BCUT2D eigenvalue weighted by atomic mass is 16.5. The first-order valence-electron chi connectivity index (χ1n) is 5.22. The van der Waals surface area contributed by atoms with Crippen LogP contribution in [0.4, 0.5) is 0 Å². The molecular formula is C11H17NO4. The normalized spacial score (nSPS) is 12.4. The largest absolute Gasteiger partial charge is 0.463 e. The van der Waals surface area contributed by atoms with Crippen LogP contribution in [0.25, 0.3) is 0 Å². The molecule has 0 aliphatic heterocycles. The molecular weight excluding hydrogens is 210 g/mol. The van der Waals surface area contributed by atoms with E-state index in [4.69, 9.17) is 4.42 Å². The minimum atomic E-state index is -0.488. The topological polar surface area (TPSA) is 71.7 Å². The molecule has 1 heterocycles. The maximum absolute atomic E-state index is 11.3. The molecule has 90 valence electrons. The maximum Gasteiger partial charge on any atom is 0.374 e. The molecule has 5 heteroatoms. The standard InChI is InChI=1S/C11H17NO4/c1-3-9(13)7-12-6-8-4-5-16-10(8)11(14)15-2/h4-5,9,12-13H,3,6-7H2,1-2H3. The van der Waals surface area contributed by atoms with E-state index in [-0.39, 0.29) is 11.9 Å². The van der Waals surface area contributed by atoms with Crippen molar-refractivity contribution in [2.75, 3.05) is 13.7 Å². The van der Waals surface area contributed by atoms with E-state index in [9.17, 15) is 9.90 Å². The number of methoxy groups -OCH3 is 1. The second kappa shape index (κ2) is 6.30. The van der Waals surface area contributed by atoms with Crippen LogP contribution in [0.3, 0.4) is 0 Å². The van der Waals surface area contributed by atoms with Crippen LogP contribution in [0.2, 0.25) is 0 Å². The zero-order chi connectivity index (χ0) is 12.0. The Labute approximate surface area is 94.4 Å². The number of nitrogens with one attached hydrogen (secondary N) is 1. The Morgan fingerprint density at radius 2 is 2.44 bits per heavy atom. The van der Waals surface area contributed by atoms with Crippen molar-refractivity contribution in [3.05, 3.63) is 23.7 Å². The van der Waals surface area contributed by atoms with E-state index < -0.39 is 5.97 Å². The molecule has 5 nitrogen and oxygen atoms in total. The first kappa shape index (κ1) is 12.7. The number of hydrogen-bond donors (Lipinski definition) is 2. The smallest absolute Gasteiger partial charge is 0.374 e. The molecule has 0 aliphatic rings. The quantitative estimate of drug-likeness (QED) is 0.707. The van der Waals surface area contributed by atoms with Gasteiger partial charge in [-0.1, -0.05) is 6.92 Å². The predicted molar refractivity (Wildman–Crippen MR) is 58.1 cm³/mol. The van der Waals surface area contributed by atoms with E-state index in [1.165, 1.54) is 13.4 Å². The fourth-order valence-electron chi connectivity index (χ4n) is 1.26. The van der Waals surface area contributed by atoms with Gasteiger partial charge in [0.1, 0.15) is 0 Å².